The predicted octanol–water partition coefficient (Wildman–Crippen LogP) is 4.95. The van der Waals surface area contributed by atoms with Crippen molar-refractivity contribution >= 4 is 56.2 Å². The first-order chi connectivity index (χ1) is 10.0. The lowest BCUT2D eigenvalue weighted by atomic mass is 10.2. The van der Waals surface area contributed by atoms with E-state index < -0.39 is 0 Å². The van der Waals surface area contributed by atoms with Crippen molar-refractivity contribution in [1.29, 1.82) is 0 Å². The van der Waals surface area contributed by atoms with E-state index in [1.807, 2.05) is 12.1 Å². The number of hydrogen-bond acceptors (Lipinski definition) is 2. The Balaban J connectivity index is 2.35. The van der Waals surface area contributed by atoms with E-state index in [-0.39, 0.29) is 0 Å². The molecule has 0 saturated carbocycles. The summed E-state index contributed by atoms with van der Waals surface area (Å²) in [5.74, 6) is 1.13. The Hall–Kier alpha value is -0.830. The first-order valence-electron chi connectivity index (χ1n) is 6.66. The van der Waals surface area contributed by atoms with Crippen LogP contribution < -0.4 is 0 Å². The summed E-state index contributed by atoms with van der Waals surface area (Å²) in [6, 6.07) is 10.2. The standard InChI is InChI=1S/C16H14I2N2O/c1-3-20-14-5-4-9(2)6-13(14)19-16(20)11-7-10(17)8-12(18)15(11)21/h4-8,21H,3H2,1-2H3. The maximum absolute atomic E-state index is 10.4. The van der Waals surface area contributed by atoms with Crippen LogP contribution in [0.4, 0.5) is 0 Å². The normalized spacial score (nSPS) is 11.2. The highest BCUT2D eigenvalue weighted by Gasteiger charge is 2.17. The first kappa shape index (κ1) is 15.1. The van der Waals surface area contributed by atoms with Gasteiger partial charge in [-0.05, 0) is 88.9 Å². The Morgan fingerprint density at radius 1 is 1.19 bits per heavy atom. The van der Waals surface area contributed by atoms with Gasteiger partial charge in [0, 0.05) is 10.1 Å². The van der Waals surface area contributed by atoms with Crippen LogP contribution in [0.25, 0.3) is 22.4 Å². The molecule has 0 aliphatic rings. The van der Waals surface area contributed by atoms with Crippen LogP contribution in [0.1, 0.15) is 12.5 Å². The number of phenolic OH excluding ortho intramolecular Hbond substituents is 1. The van der Waals surface area contributed by atoms with Gasteiger partial charge in [0.25, 0.3) is 0 Å². The van der Waals surface area contributed by atoms with Crippen LogP contribution in [0.3, 0.4) is 0 Å². The fraction of sp³-hybridized carbons (Fsp3) is 0.188. The summed E-state index contributed by atoms with van der Waals surface area (Å²) >= 11 is 4.43. The highest BCUT2D eigenvalue weighted by atomic mass is 127. The van der Waals surface area contributed by atoms with E-state index in [1.165, 1.54) is 5.56 Å². The number of fused-ring (bicyclic) bond motifs is 1. The van der Waals surface area contributed by atoms with Gasteiger partial charge >= 0.3 is 0 Å². The molecule has 5 heteroatoms. The molecule has 0 amide bonds. The van der Waals surface area contributed by atoms with Gasteiger partial charge in [0.1, 0.15) is 11.6 Å². The highest BCUT2D eigenvalue weighted by molar-refractivity contribution is 14.1. The Labute approximate surface area is 150 Å². The molecular weight excluding hydrogens is 490 g/mol. The van der Waals surface area contributed by atoms with Crippen LogP contribution in [0.5, 0.6) is 5.75 Å². The quantitative estimate of drug-likeness (QED) is 0.503. The van der Waals surface area contributed by atoms with Gasteiger partial charge in [0.05, 0.1) is 20.2 Å². The Morgan fingerprint density at radius 3 is 2.67 bits per heavy atom. The molecule has 1 N–H and O–H groups in total. The molecule has 3 aromatic rings. The molecule has 3 rings (SSSR count). The average molecular weight is 504 g/mol. The van der Waals surface area contributed by atoms with Crippen molar-refractivity contribution in [3.8, 4) is 17.1 Å². The van der Waals surface area contributed by atoms with Gasteiger partial charge in [-0.3, -0.25) is 0 Å². The monoisotopic (exact) mass is 504 g/mol. The van der Waals surface area contributed by atoms with E-state index >= 15 is 0 Å². The van der Waals surface area contributed by atoms with Gasteiger partial charge in [-0.25, -0.2) is 4.98 Å². The summed E-state index contributed by atoms with van der Waals surface area (Å²) in [5, 5.41) is 10.4. The molecule has 0 atom stereocenters. The van der Waals surface area contributed by atoms with Crippen LogP contribution in [-0.4, -0.2) is 14.7 Å². The summed E-state index contributed by atoms with van der Waals surface area (Å²) in [6.07, 6.45) is 0. The molecule has 1 aromatic heterocycles. The van der Waals surface area contributed by atoms with E-state index in [0.717, 1.165) is 36.1 Å². The zero-order chi connectivity index (χ0) is 15.1. The number of phenols is 1. The maximum Gasteiger partial charge on any atom is 0.144 e. The Bertz CT molecular complexity index is 840. The minimum atomic E-state index is 0.303. The Kier molecular flexibility index (Phi) is 4.13. The molecule has 3 nitrogen and oxygen atoms in total. The number of aryl methyl sites for hydroxylation is 2. The van der Waals surface area contributed by atoms with E-state index in [2.05, 4.69) is 81.8 Å². The van der Waals surface area contributed by atoms with Crippen LogP contribution in [0.2, 0.25) is 0 Å². The molecule has 0 fully saturated rings. The number of nitrogens with zero attached hydrogens (tertiary/aromatic N) is 2. The van der Waals surface area contributed by atoms with Crippen molar-refractivity contribution in [2.75, 3.05) is 0 Å². The number of rotatable bonds is 2. The molecule has 21 heavy (non-hydrogen) atoms. The molecule has 108 valence electrons. The number of halogens is 2. The second-order valence-electron chi connectivity index (χ2n) is 4.96. The number of aromatic nitrogens is 2. The van der Waals surface area contributed by atoms with Crippen molar-refractivity contribution in [3.05, 3.63) is 43.0 Å². The fourth-order valence-electron chi connectivity index (χ4n) is 2.50. The number of hydrogen-bond donors (Lipinski definition) is 1. The third kappa shape index (κ3) is 2.65. The minimum absolute atomic E-state index is 0.303. The van der Waals surface area contributed by atoms with Gasteiger partial charge in [0.15, 0.2) is 0 Å². The lowest BCUT2D eigenvalue weighted by Crippen LogP contribution is -1.98. The zero-order valence-corrected chi connectivity index (χ0v) is 16.0. The maximum atomic E-state index is 10.4. The first-order valence-corrected chi connectivity index (χ1v) is 8.82. The molecule has 0 radical (unpaired) electrons. The van der Waals surface area contributed by atoms with Gasteiger partial charge in [-0.1, -0.05) is 6.07 Å². The average Bonchev–Trinajstić information content (AvgIpc) is 2.79. The summed E-state index contributed by atoms with van der Waals surface area (Å²) in [6.45, 7) is 4.98. The third-order valence-electron chi connectivity index (χ3n) is 3.49. The Morgan fingerprint density at radius 2 is 1.95 bits per heavy atom. The van der Waals surface area contributed by atoms with Gasteiger partial charge in [-0.15, -0.1) is 0 Å². The van der Waals surface area contributed by atoms with E-state index in [9.17, 15) is 5.11 Å². The van der Waals surface area contributed by atoms with Gasteiger partial charge in [0.2, 0.25) is 0 Å². The van der Waals surface area contributed by atoms with Crippen molar-refractivity contribution in [3.63, 3.8) is 0 Å². The second kappa shape index (κ2) is 5.75. The van der Waals surface area contributed by atoms with Crippen molar-refractivity contribution in [1.82, 2.24) is 9.55 Å². The smallest absolute Gasteiger partial charge is 0.144 e. The van der Waals surface area contributed by atoms with Crippen LogP contribution >= 0.6 is 45.2 Å². The van der Waals surface area contributed by atoms with Crippen molar-refractivity contribution in [2.24, 2.45) is 0 Å². The summed E-state index contributed by atoms with van der Waals surface area (Å²) < 4.78 is 4.09. The highest BCUT2D eigenvalue weighted by Crippen LogP contribution is 2.36. The second-order valence-corrected chi connectivity index (χ2v) is 7.36. The molecule has 0 spiro atoms. The molecule has 0 aliphatic carbocycles. The van der Waals surface area contributed by atoms with Gasteiger partial charge < -0.3 is 9.67 Å². The lowest BCUT2D eigenvalue weighted by Gasteiger charge is -2.09. The molecular formula is C16H14I2N2O. The van der Waals surface area contributed by atoms with Crippen molar-refractivity contribution < 1.29 is 5.11 Å². The predicted molar refractivity (Wildman–Crippen MR) is 103 cm³/mol. The van der Waals surface area contributed by atoms with Crippen LogP contribution in [0, 0.1) is 14.1 Å². The molecule has 0 saturated heterocycles. The third-order valence-corrected chi connectivity index (χ3v) is 4.93. The summed E-state index contributed by atoms with van der Waals surface area (Å²) in [4.78, 5) is 4.75. The number of imidazole rings is 1. The fourth-order valence-corrected chi connectivity index (χ4v) is 4.35. The van der Waals surface area contributed by atoms with Crippen molar-refractivity contribution in [2.45, 2.75) is 20.4 Å². The minimum Gasteiger partial charge on any atom is -0.506 e. The summed E-state index contributed by atoms with van der Waals surface area (Å²) in [5.41, 5.74) is 4.06. The molecule has 1 heterocycles. The molecule has 0 aliphatic heterocycles. The zero-order valence-electron chi connectivity index (χ0n) is 11.7. The lowest BCUT2D eigenvalue weighted by molar-refractivity contribution is 0.472. The SMILES string of the molecule is CCn1c(-c2cc(I)cc(I)c2O)nc2cc(C)ccc21. The number of benzene rings is 2. The van der Waals surface area contributed by atoms with Gasteiger partial charge in [-0.2, -0.15) is 0 Å². The van der Waals surface area contributed by atoms with Crippen LogP contribution in [-0.2, 0) is 6.54 Å². The molecule has 2 aromatic carbocycles. The molecule has 0 unspecified atom stereocenters. The van der Waals surface area contributed by atoms with E-state index in [1.54, 1.807) is 0 Å². The van der Waals surface area contributed by atoms with Crippen LogP contribution in [0.15, 0.2) is 30.3 Å². The number of aromatic hydroxyl groups is 1. The summed E-state index contributed by atoms with van der Waals surface area (Å²) in [7, 11) is 0. The van der Waals surface area contributed by atoms with E-state index in [4.69, 9.17) is 4.98 Å². The topological polar surface area (TPSA) is 38.0 Å². The van der Waals surface area contributed by atoms with E-state index in [0.29, 0.717) is 5.75 Å². The largest absolute Gasteiger partial charge is 0.506 e. The molecule has 0 bridgehead atoms.